The van der Waals surface area contributed by atoms with Crippen molar-refractivity contribution in [3.8, 4) is 16.9 Å². The minimum atomic E-state index is -0.144. The summed E-state index contributed by atoms with van der Waals surface area (Å²) in [6.07, 6.45) is 3.35. The molecule has 2 heterocycles. The predicted molar refractivity (Wildman–Crippen MR) is 93.9 cm³/mol. The Morgan fingerprint density at radius 1 is 1.30 bits per heavy atom. The highest BCUT2D eigenvalue weighted by Crippen LogP contribution is 2.26. The Morgan fingerprint density at radius 3 is 2.91 bits per heavy atom. The number of methoxy groups -OCH3 is 1. The Morgan fingerprint density at radius 2 is 2.17 bits per heavy atom. The van der Waals surface area contributed by atoms with Crippen LogP contribution in [0.3, 0.4) is 0 Å². The molecule has 0 bridgehead atoms. The number of nitrogens with one attached hydrogen (secondary N) is 1. The number of benzene rings is 1. The summed E-state index contributed by atoms with van der Waals surface area (Å²) < 4.78 is 11.0. The third-order valence-corrected chi connectivity index (χ3v) is 4.98. The van der Waals surface area contributed by atoms with Crippen molar-refractivity contribution in [2.75, 3.05) is 7.11 Å². The fourth-order valence-corrected chi connectivity index (χ4v) is 3.38. The number of hydrogen-bond donors (Lipinski definition) is 1. The summed E-state index contributed by atoms with van der Waals surface area (Å²) in [6.45, 7) is 0.477. The monoisotopic (exact) mass is 391 g/mol. The molecule has 0 aliphatic heterocycles. The topological polar surface area (TPSA) is 51.5 Å². The van der Waals surface area contributed by atoms with Crippen LogP contribution in [0.25, 0.3) is 11.1 Å². The van der Waals surface area contributed by atoms with Crippen molar-refractivity contribution in [3.05, 3.63) is 63.2 Å². The highest BCUT2D eigenvalue weighted by Gasteiger charge is 2.12. The average Bonchev–Trinajstić information content (AvgIpc) is 3.24. The van der Waals surface area contributed by atoms with Gasteiger partial charge in [-0.05, 0) is 57.2 Å². The van der Waals surface area contributed by atoms with E-state index in [1.165, 1.54) is 0 Å². The van der Waals surface area contributed by atoms with Crippen molar-refractivity contribution >= 4 is 33.2 Å². The van der Waals surface area contributed by atoms with Crippen LogP contribution in [0.15, 0.2) is 57.1 Å². The van der Waals surface area contributed by atoms with Gasteiger partial charge in [0.25, 0.3) is 5.91 Å². The largest absolute Gasteiger partial charge is 0.497 e. The maximum Gasteiger partial charge on any atom is 0.252 e. The van der Waals surface area contributed by atoms with Gasteiger partial charge in [0.2, 0.25) is 0 Å². The first kappa shape index (κ1) is 15.8. The van der Waals surface area contributed by atoms with Gasteiger partial charge >= 0.3 is 0 Å². The molecule has 4 nitrogen and oxygen atoms in total. The quantitative estimate of drug-likeness (QED) is 0.684. The summed E-state index contributed by atoms with van der Waals surface area (Å²) in [5.74, 6) is 0.505. The van der Waals surface area contributed by atoms with E-state index in [4.69, 9.17) is 9.15 Å². The van der Waals surface area contributed by atoms with Gasteiger partial charge in [0, 0.05) is 14.9 Å². The van der Waals surface area contributed by atoms with Gasteiger partial charge in [-0.1, -0.05) is 0 Å². The number of halogens is 1. The highest BCUT2D eigenvalue weighted by molar-refractivity contribution is 9.10. The van der Waals surface area contributed by atoms with E-state index in [1.54, 1.807) is 49.2 Å². The average molecular weight is 392 g/mol. The number of carbonyl (C=O) groups is 1. The van der Waals surface area contributed by atoms with Gasteiger partial charge in [0.1, 0.15) is 5.75 Å². The molecule has 0 aliphatic carbocycles. The molecule has 3 rings (SSSR count). The standard InChI is InChI=1S/C17H14BrNO3S/c1-21-13-2-3-16(18)15(7-13)17(20)19-8-14-6-12(10-23-14)11-4-5-22-9-11/h2-7,9-10H,8H2,1H3,(H,19,20). The molecule has 118 valence electrons. The lowest BCUT2D eigenvalue weighted by Gasteiger charge is -2.08. The smallest absolute Gasteiger partial charge is 0.252 e. The molecule has 0 aliphatic rings. The number of amides is 1. The Kier molecular flexibility index (Phi) is 4.83. The molecule has 6 heteroatoms. The minimum absolute atomic E-state index is 0.144. The van der Waals surface area contributed by atoms with Crippen LogP contribution in [0.2, 0.25) is 0 Å². The lowest BCUT2D eigenvalue weighted by atomic mass is 10.2. The van der Waals surface area contributed by atoms with Gasteiger partial charge in [-0.3, -0.25) is 4.79 Å². The van der Waals surface area contributed by atoms with Crippen molar-refractivity contribution < 1.29 is 13.9 Å². The van der Waals surface area contributed by atoms with E-state index in [0.717, 1.165) is 20.5 Å². The molecule has 0 atom stereocenters. The second kappa shape index (κ2) is 7.02. The summed E-state index contributed by atoms with van der Waals surface area (Å²) in [7, 11) is 1.58. The number of thiophene rings is 1. The molecule has 0 saturated carbocycles. The number of rotatable bonds is 5. The molecule has 1 N–H and O–H groups in total. The van der Waals surface area contributed by atoms with E-state index in [1.807, 2.05) is 11.4 Å². The molecular weight excluding hydrogens is 378 g/mol. The van der Waals surface area contributed by atoms with Crippen molar-refractivity contribution in [2.24, 2.45) is 0 Å². The summed E-state index contributed by atoms with van der Waals surface area (Å²) in [5, 5.41) is 4.98. The van der Waals surface area contributed by atoms with Crippen LogP contribution in [0.5, 0.6) is 5.75 Å². The third-order valence-electron chi connectivity index (χ3n) is 3.35. The van der Waals surface area contributed by atoms with Gasteiger partial charge in [-0.2, -0.15) is 0 Å². The summed E-state index contributed by atoms with van der Waals surface area (Å²) >= 11 is 5.00. The highest BCUT2D eigenvalue weighted by atomic mass is 79.9. The summed E-state index contributed by atoms with van der Waals surface area (Å²) in [6, 6.07) is 9.28. The van der Waals surface area contributed by atoms with Crippen LogP contribution < -0.4 is 10.1 Å². The first-order valence-electron chi connectivity index (χ1n) is 6.89. The molecule has 1 aromatic carbocycles. The van der Waals surface area contributed by atoms with E-state index in [-0.39, 0.29) is 5.91 Å². The molecule has 0 spiro atoms. The van der Waals surface area contributed by atoms with Crippen molar-refractivity contribution in [1.82, 2.24) is 5.32 Å². The molecule has 0 unspecified atom stereocenters. The van der Waals surface area contributed by atoms with Gasteiger partial charge in [-0.15, -0.1) is 11.3 Å². The normalized spacial score (nSPS) is 10.5. The van der Waals surface area contributed by atoms with Crippen LogP contribution >= 0.6 is 27.3 Å². The lowest BCUT2D eigenvalue weighted by Crippen LogP contribution is -2.22. The van der Waals surface area contributed by atoms with Gasteiger partial charge in [0.15, 0.2) is 0 Å². The van der Waals surface area contributed by atoms with Crippen LogP contribution in [-0.4, -0.2) is 13.0 Å². The molecule has 2 aromatic heterocycles. The molecule has 0 radical (unpaired) electrons. The van der Waals surface area contributed by atoms with E-state index >= 15 is 0 Å². The van der Waals surface area contributed by atoms with Crippen LogP contribution in [0, 0.1) is 0 Å². The minimum Gasteiger partial charge on any atom is -0.497 e. The van der Waals surface area contributed by atoms with E-state index in [9.17, 15) is 4.79 Å². The molecular formula is C17H14BrNO3S. The van der Waals surface area contributed by atoms with Gasteiger partial charge in [0.05, 0.1) is 31.7 Å². The predicted octanol–water partition coefficient (Wildman–Crippen LogP) is 4.71. The first-order chi connectivity index (χ1) is 11.2. The molecule has 3 aromatic rings. The number of hydrogen-bond acceptors (Lipinski definition) is 4. The number of furan rings is 1. The fraction of sp³-hybridized carbons (Fsp3) is 0.118. The second-order valence-electron chi connectivity index (χ2n) is 4.84. The van der Waals surface area contributed by atoms with E-state index in [0.29, 0.717) is 17.9 Å². The van der Waals surface area contributed by atoms with Gasteiger partial charge < -0.3 is 14.5 Å². The number of carbonyl (C=O) groups excluding carboxylic acids is 1. The van der Waals surface area contributed by atoms with E-state index < -0.39 is 0 Å². The summed E-state index contributed by atoms with van der Waals surface area (Å²) in [4.78, 5) is 13.4. The Hall–Kier alpha value is -2.05. The van der Waals surface area contributed by atoms with Gasteiger partial charge in [-0.25, -0.2) is 0 Å². The van der Waals surface area contributed by atoms with Crippen molar-refractivity contribution in [2.45, 2.75) is 6.54 Å². The summed E-state index contributed by atoms with van der Waals surface area (Å²) in [5.41, 5.74) is 2.68. The lowest BCUT2D eigenvalue weighted by molar-refractivity contribution is 0.0950. The fourth-order valence-electron chi connectivity index (χ4n) is 2.12. The maximum absolute atomic E-state index is 12.3. The molecule has 1 amide bonds. The first-order valence-corrected chi connectivity index (χ1v) is 8.56. The zero-order valence-corrected chi connectivity index (χ0v) is 14.7. The van der Waals surface area contributed by atoms with E-state index in [2.05, 4.69) is 27.3 Å². The Labute approximate surface area is 146 Å². The second-order valence-corrected chi connectivity index (χ2v) is 6.69. The molecule has 23 heavy (non-hydrogen) atoms. The van der Waals surface area contributed by atoms with Crippen molar-refractivity contribution in [3.63, 3.8) is 0 Å². The van der Waals surface area contributed by atoms with Crippen LogP contribution in [0.4, 0.5) is 0 Å². The SMILES string of the molecule is COc1ccc(Br)c(C(=O)NCc2cc(-c3ccoc3)cs2)c1. The van der Waals surface area contributed by atoms with Crippen LogP contribution in [-0.2, 0) is 6.54 Å². The Balaban J connectivity index is 1.67. The maximum atomic E-state index is 12.3. The molecule has 0 fully saturated rings. The number of ether oxygens (including phenoxy) is 1. The Bertz CT molecular complexity index is 811. The zero-order valence-electron chi connectivity index (χ0n) is 12.3. The third kappa shape index (κ3) is 3.65. The zero-order chi connectivity index (χ0) is 16.2. The van der Waals surface area contributed by atoms with Crippen molar-refractivity contribution in [1.29, 1.82) is 0 Å². The van der Waals surface area contributed by atoms with Crippen LogP contribution in [0.1, 0.15) is 15.2 Å². The molecule has 0 saturated heterocycles.